The van der Waals surface area contributed by atoms with Crippen molar-refractivity contribution in [2.75, 3.05) is 0 Å². The van der Waals surface area contributed by atoms with Gasteiger partial charge in [-0.2, -0.15) is 0 Å². The molecule has 1 aliphatic rings. The molecule has 0 aromatic carbocycles. The fraction of sp³-hybridized carbons (Fsp3) is 0.500. The van der Waals surface area contributed by atoms with Crippen molar-refractivity contribution in [1.82, 2.24) is 5.48 Å². The zero-order chi connectivity index (χ0) is 13.1. The first-order valence-corrected chi connectivity index (χ1v) is 5.34. The monoisotopic (exact) mass is 239 g/mol. The SMILES string of the molecule is CC(C)(C)ONC(=O)C1(C(=O)O)C=CC=CC1. The van der Waals surface area contributed by atoms with Gasteiger partial charge in [0.2, 0.25) is 0 Å². The quantitative estimate of drug-likeness (QED) is 0.577. The van der Waals surface area contributed by atoms with Crippen molar-refractivity contribution in [2.45, 2.75) is 32.8 Å². The molecule has 0 heterocycles. The maximum absolute atomic E-state index is 11.9. The van der Waals surface area contributed by atoms with Crippen molar-refractivity contribution < 1.29 is 19.5 Å². The summed E-state index contributed by atoms with van der Waals surface area (Å²) >= 11 is 0. The van der Waals surface area contributed by atoms with Crippen LogP contribution in [0.15, 0.2) is 24.3 Å². The van der Waals surface area contributed by atoms with Crippen molar-refractivity contribution >= 4 is 11.9 Å². The van der Waals surface area contributed by atoms with Gasteiger partial charge in [0, 0.05) is 0 Å². The van der Waals surface area contributed by atoms with Crippen molar-refractivity contribution in [2.24, 2.45) is 5.41 Å². The molecule has 1 rings (SSSR count). The largest absolute Gasteiger partial charge is 0.480 e. The number of nitrogens with one attached hydrogen (secondary N) is 1. The molecule has 0 saturated heterocycles. The molecule has 17 heavy (non-hydrogen) atoms. The average molecular weight is 239 g/mol. The summed E-state index contributed by atoms with van der Waals surface area (Å²) < 4.78 is 0. The molecular formula is C12H17NO4. The summed E-state index contributed by atoms with van der Waals surface area (Å²) in [5.41, 5.74) is 0.0742. The maximum Gasteiger partial charge on any atom is 0.323 e. The second-order valence-corrected chi connectivity index (χ2v) is 4.91. The number of hydrogen-bond acceptors (Lipinski definition) is 3. The normalized spacial score (nSPS) is 23.5. The standard InChI is InChI=1S/C12H17NO4/c1-11(2,3)17-13-9(14)12(10(15)16)7-5-4-6-8-12/h4-7H,8H2,1-3H3,(H,13,14)(H,15,16). The topological polar surface area (TPSA) is 75.6 Å². The molecule has 0 radical (unpaired) electrons. The highest BCUT2D eigenvalue weighted by molar-refractivity contribution is 6.04. The van der Waals surface area contributed by atoms with Gasteiger partial charge >= 0.3 is 5.97 Å². The van der Waals surface area contributed by atoms with Gasteiger partial charge in [-0.15, -0.1) is 0 Å². The minimum atomic E-state index is -1.57. The Morgan fingerprint density at radius 3 is 2.41 bits per heavy atom. The van der Waals surface area contributed by atoms with E-state index in [1.54, 1.807) is 39.0 Å². The highest BCUT2D eigenvalue weighted by Gasteiger charge is 2.44. The van der Waals surface area contributed by atoms with E-state index in [-0.39, 0.29) is 6.42 Å². The number of rotatable bonds is 3. The highest BCUT2D eigenvalue weighted by atomic mass is 16.7. The third kappa shape index (κ3) is 3.17. The minimum Gasteiger partial charge on any atom is -0.480 e. The zero-order valence-electron chi connectivity index (χ0n) is 10.2. The lowest BCUT2D eigenvalue weighted by Crippen LogP contribution is -2.47. The zero-order valence-corrected chi connectivity index (χ0v) is 10.2. The summed E-state index contributed by atoms with van der Waals surface area (Å²) in [4.78, 5) is 28.2. The Bertz CT molecular complexity index is 378. The van der Waals surface area contributed by atoms with E-state index < -0.39 is 22.9 Å². The first-order chi connectivity index (χ1) is 7.78. The number of carboxylic acids is 1. The molecule has 0 aliphatic heterocycles. The molecule has 1 aliphatic carbocycles. The van der Waals surface area contributed by atoms with Crippen LogP contribution in [0.3, 0.4) is 0 Å². The smallest absolute Gasteiger partial charge is 0.323 e. The predicted molar refractivity (Wildman–Crippen MR) is 61.9 cm³/mol. The average Bonchev–Trinajstić information content (AvgIpc) is 2.25. The molecule has 0 saturated carbocycles. The van der Waals surface area contributed by atoms with E-state index in [0.29, 0.717) is 0 Å². The van der Waals surface area contributed by atoms with Crippen molar-refractivity contribution in [3.8, 4) is 0 Å². The van der Waals surface area contributed by atoms with Gasteiger partial charge in [0.1, 0.15) is 0 Å². The predicted octanol–water partition coefficient (Wildman–Crippen LogP) is 1.42. The van der Waals surface area contributed by atoms with E-state index in [1.807, 2.05) is 0 Å². The van der Waals surface area contributed by atoms with Crippen LogP contribution in [0, 0.1) is 5.41 Å². The molecule has 5 heteroatoms. The molecule has 5 nitrogen and oxygen atoms in total. The molecule has 94 valence electrons. The van der Waals surface area contributed by atoms with Crippen molar-refractivity contribution in [3.63, 3.8) is 0 Å². The number of carboxylic acid groups (broad SMARTS) is 1. The molecule has 1 atom stereocenters. The third-order valence-corrected chi connectivity index (χ3v) is 2.30. The summed E-state index contributed by atoms with van der Waals surface area (Å²) in [5, 5.41) is 9.19. The lowest BCUT2D eigenvalue weighted by molar-refractivity contribution is -0.164. The van der Waals surface area contributed by atoms with Crippen LogP contribution in [-0.4, -0.2) is 22.6 Å². The Morgan fingerprint density at radius 1 is 1.35 bits per heavy atom. The van der Waals surface area contributed by atoms with Gasteiger partial charge in [-0.25, -0.2) is 5.48 Å². The summed E-state index contributed by atoms with van der Waals surface area (Å²) in [6.07, 6.45) is 6.40. The minimum absolute atomic E-state index is 0.123. The molecule has 1 unspecified atom stereocenters. The van der Waals surface area contributed by atoms with E-state index in [2.05, 4.69) is 5.48 Å². The summed E-state index contributed by atoms with van der Waals surface area (Å²) in [6, 6.07) is 0. The number of hydroxylamine groups is 1. The highest BCUT2D eigenvalue weighted by Crippen LogP contribution is 2.28. The Morgan fingerprint density at radius 2 is 2.00 bits per heavy atom. The number of hydrogen-bond donors (Lipinski definition) is 2. The molecule has 0 bridgehead atoms. The molecule has 1 amide bonds. The van der Waals surface area contributed by atoms with Gasteiger partial charge < -0.3 is 5.11 Å². The van der Waals surface area contributed by atoms with Crippen LogP contribution in [-0.2, 0) is 14.4 Å². The number of allylic oxidation sites excluding steroid dienone is 3. The Kier molecular flexibility index (Phi) is 3.72. The summed E-state index contributed by atoms with van der Waals surface area (Å²) in [6.45, 7) is 5.28. The number of amides is 1. The Balaban J connectivity index is 2.80. The van der Waals surface area contributed by atoms with Crippen LogP contribution in [0.5, 0.6) is 0 Å². The molecule has 0 aromatic rings. The van der Waals surface area contributed by atoms with E-state index in [1.165, 1.54) is 6.08 Å². The van der Waals surface area contributed by atoms with E-state index >= 15 is 0 Å². The second-order valence-electron chi connectivity index (χ2n) is 4.91. The Labute approximate surface area is 100 Å². The molecule has 0 fully saturated rings. The fourth-order valence-corrected chi connectivity index (χ4v) is 1.33. The third-order valence-electron chi connectivity index (χ3n) is 2.30. The van der Waals surface area contributed by atoms with Crippen molar-refractivity contribution in [3.05, 3.63) is 24.3 Å². The van der Waals surface area contributed by atoms with Crippen LogP contribution in [0.25, 0.3) is 0 Å². The first-order valence-electron chi connectivity index (χ1n) is 5.34. The number of aliphatic carboxylic acids is 1. The van der Waals surface area contributed by atoms with E-state index in [0.717, 1.165) is 0 Å². The van der Waals surface area contributed by atoms with Gasteiger partial charge in [-0.1, -0.05) is 24.3 Å². The molecular weight excluding hydrogens is 222 g/mol. The summed E-state index contributed by atoms with van der Waals surface area (Å²) in [7, 11) is 0. The molecule has 0 spiro atoms. The van der Waals surface area contributed by atoms with Crippen LogP contribution in [0.4, 0.5) is 0 Å². The van der Waals surface area contributed by atoms with Crippen LogP contribution in [0.1, 0.15) is 27.2 Å². The van der Waals surface area contributed by atoms with Crippen LogP contribution < -0.4 is 5.48 Å². The van der Waals surface area contributed by atoms with Gasteiger partial charge in [0.15, 0.2) is 5.41 Å². The number of carbonyl (C=O) groups excluding carboxylic acids is 1. The first kappa shape index (κ1) is 13.4. The van der Waals surface area contributed by atoms with Gasteiger partial charge in [-0.05, 0) is 27.2 Å². The van der Waals surface area contributed by atoms with Crippen molar-refractivity contribution in [1.29, 1.82) is 0 Å². The van der Waals surface area contributed by atoms with E-state index in [9.17, 15) is 14.7 Å². The second kappa shape index (κ2) is 4.71. The molecule has 2 N–H and O–H groups in total. The Hall–Kier alpha value is -1.62. The van der Waals surface area contributed by atoms with E-state index in [4.69, 9.17) is 4.84 Å². The molecule has 0 aromatic heterocycles. The maximum atomic E-state index is 11.9. The number of carbonyl (C=O) groups is 2. The van der Waals surface area contributed by atoms with Gasteiger partial charge in [0.05, 0.1) is 5.60 Å². The lowest BCUT2D eigenvalue weighted by atomic mass is 9.81. The van der Waals surface area contributed by atoms with Crippen LogP contribution >= 0.6 is 0 Å². The van der Waals surface area contributed by atoms with Gasteiger partial charge in [-0.3, -0.25) is 14.4 Å². The van der Waals surface area contributed by atoms with Gasteiger partial charge in [0.25, 0.3) is 5.91 Å². The fourth-order valence-electron chi connectivity index (χ4n) is 1.33. The summed E-state index contributed by atoms with van der Waals surface area (Å²) in [5.74, 6) is -1.85. The van der Waals surface area contributed by atoms with Crippen LogP contribution in [0.2, 0.25) is 0 Å². The lowest BCUT2D eigenvalue weighted by Gasteiger charge is -2.27.